The summed E-state index contributed by atoms with van der Waals surface area (Å²) in [4.78, 5) is 34.8. The van der Waals surface area contributed by atoms with Gasteiger partial charge in [-0.25, -0.2) is 14.4 Å². The summed E-state index contributed by atoms with van der Waals surface area (Å²) in [6.07, 6.45) is 5.01. The smallest absolute Gasteiger partial charge is 0.343 e. The molecule has 0 aliphatic heterocycles. The predicted octanol–water partition coefficient (Wildman–Crippen LogP) is 4.43. The number of carbonyl (C=O) groups excluding carboxylic acids is 3. The van der Waals surface area contributed by atoms with Gasteiger partial charge < -0.3 is 28.8 Å². The Morgan fingerprint density at radius 2 is 1.24 bits per heavy atom. The Labute approximate surface area is 222 Å². The first-order valence-corrected chi connectivity index (χ1v) is 12.4. The summed E-state index contributed by atoms with van der Waals surface area (Å²) in [5, 5.41) is 8.81. The average Bonchev–Trinajstić information content (AvgIpc) is 2.94. The minimum Gasteiger partial charge on any atom is -0.494 e. The highest BCUT2D eigenvalue weighted by molar-refractivity contribution is 5.91. The largest absolute Gasteiger partial charge is 0.494 e. The maximum absolute atomic E-state index is 12.4. The Morgan fingerprint density at radius 1 is 0.711 bits per heavy atom. The number of unbranched alkanes of at least 4 members (excludes halogenated alkanes) is 3. The maximum atomic E-state index is 12.4. The Balaban J connectivity index is 1.61. The van der Waals surface area contributed by atoms with Crippen molar-refractivity contribution in [1.29, 1.82) is 0 Å². The van der Waals surface area contributed by atoms with E-state index in [4.69, 9.17) is 28.8 Å². The second kappa shape index (κ2) is 17.4. The molecule has 1 N–H and O–H groups in total. The van der Waals surface area contributed by atoms with Gasteiger partial charge in [0.25, 0.3) is 0 Å². The van der Waals surface area contributed by atoms with Gasteiger partial charge in [-0.1, -0.05) is 13.2 Å². The number of aliphatic hydroxyl groups is 1. The molecular weight excluding hydrogens is 492 g/mol. The molecule has 0 fully saturated rings. The quantitative estimate of drug-likeness (QED) is 0.130. The molecule has 0 atom stereocenters. The van der Waals surface area contributed by atoms with Gasteiger partial charge in [0.05, 0.1) is 44.2 Å². The van der Waals surface area contributed by atoms with E-state index >= 15 is 0 Å². The van der Waals surface area contributed by atoms with Crippen molar-refractivity contribution in [3.05, 3.63) is 78.9 Å². The van der Waals surface area contributed by atoms with E-state index in [0.717, 1.165) is 31.8 Å². The number of ether oxygens (including phenoxy) is 5. The molecule has 0 amide bonds. The zero-order valence-electron chi connectivity index (χ0n) is 21.4. The minimum absolute atomic E-state index is 0.0526. The van der Waals surface area contributed by atoms with Crippen LogP contribution in [0.15, 0.2) is 73.3 Å². The van der Waals surface area contributed by atoms with E-state index in [9.17, 15) is 14.4 Å². The monoisotopic (exact) mass is 526 g/mol. The minimum atomic E-state index is -0.565. The molecule has 0 saturated carbocycles. The lowest BCUT2D eigenvalue weighted by Crippen LogP contribution is -2.10. The van der Waals surface area contributed by atoms with Gasteiger partial charge >= 0.3 is 17.9 Å². The van der Waals surface area contributed by atoms with E-state index < -0.39 is 24.5 Å². The van der Waals surface area contributed by atoms with Crippen LogP contribution in [0.3, 0.4) is 0 Å². The topological polar surface area (TPSA) is 118 Å². The van der Waals surface area contributed by atoms with Gasteiger partial charge in [-0.3, -0.25) is 0 Å². The van der Waals surface area contributed by atoms with E-state index in [2.05, 4.69) is 13.2 Å². The Hall–Kier alpha value is -4.11. The number of rotatable bonds is 18. The van der Waals surface area contributed by atoms with Crippen LogP contribution in [0.2, 0.25) is 0 Å². The van der Waals surface area contributed by atoms with Crippen molar-refractivity contribution in [3.8, 4) is 17.2 Å². The normalized spacial score (nSPS) is 10.2. The summed E-state index contributed by atoms with van der Waals surface area (Å²) < 4.78 is 26.5. The van der Waals surface area contributed by atoms with Crippen LogP contribution in [-0.2, 0) is 19.1 Å². The van der Waals surface area contributed by atoms with Gasteiger partial charge in [0.15, 0.2) is 0 Å². The van der Waals surface area contributed by atoms with Gasteiger partial charge in [0, 0.05) is 12.5 Å². The molecule has 0 aliphatic carbocycles. The summed E-state index contributed by atoms with van der Waals surface area (Å²) in [6, 6.07) is 13.4. The molecule has 0 spiro atoms. The Bertz CT molecular complexity index is 1040. The van der Waals surface area contributed by atoms with Crippen LogP contribution in [-0.4, -0.2) is 56.0 Å². The number of hydrogen-bond donors (Lipinski definition) is 1. The van der Waals surface area contributed by atoms with Gasteiger partial charge in [-0.2, -0.15) is 0 Å². The van der Waals surface area contributed by atoms with Gasteiger partial charge in [-0.05, 0) is 74.2 Å². The van der Waals surface area contributed by atoms with Crippen LogP contribution in [0.4, 0.5) is 0 Å². The summed E-state index contributed by atoms with van der Waals surface area (Å²) in [7, 11) is 0. The summed E-state index contributed by atoms with van der Waals surface area (Å²) >= 11 is 0. The lowest BCUT2D eigenvalue weighted by molar-refractivity contribution is -0.140. The second-order valence-corrected chi connectivity index (χ2v) is 8.12. The third kappa shape index (κ3) is 11.7. The number of aliphatic hydroxyl groups excluding tert-OH is 1. The molecule has 9 heteroatoms. The van der Waals surface area contributed by atoms with Gasteiger partial charge in [-0.15, -0.1) is 0 Å². The van der Waals surface area contributed by atoms with Crippen molar-refractivity contribution in [2.45, 2.75) is 32.1 Å². The highest BCUT2D eigenvalue weighted by atomic mass is 16.5. The first kappa shape index (κ1) is 30.1. The number of carbonyl (C=O) groups is 3. The lowest BCUT2D eigenvalue weighted by Gasteiger charge is -2.09. The molecule has 0 heterocycles. The van der Waals surface area contributed by atoms with E-state index in [0.29, 0.717) is 49.1 Å². The number of hydrogen-bond acceptors (Lipinski definition) is 9. The van der Waals surface area contributed by atoms with Crippen molar-refractivity contribution in [1.82, 2.24) is 0 Å². The highest BCUT2D eigenvalue weighted by Gasteiger charge is 2.10. The van der Waals surface area contributed by atoms with Crippen molar-refractivity contribution >= 4 is 17.9 Å². The van der Waals surface area contributed by atoms with E-state index in [1.807, 2.05) is 0 Å². The second-order valence-electron chi connectivity index (χ2n) is 8.12. The molecule has 9 nitrogen and oxygen atoms in total. The summed E-state index contributed by atoms with van der Waals surface area (Å²) in [5.74, 6) is 0.123. The van der Waals surface area contributed by atoms with Crippen molar-refractivity contribution in [2.75, 3.05) is 33.0 Å². The van der Waals surface area contributed by atoms with Crippen LogP contribution in [0.5, 0.6) is 17.2 Å². The van der Waals surface area contributed by atoms with Crippen molar-refractivity contribution in [2.24, 2.45) is 0 Å². The fourth-order valence-corrected chi connectivity index (χ4v) is 3.02. The van der Waals surface area contributed by atoms with E-state index in [1.54, 1.807) is 48.5 Å². The molecular formula is C29H34O9. The molecule has 0 radical (unpaired) electrons. The molecule has 2 aromatic carbocycles. The molecule has 204 valence electrons. The molecule has 38 heavy (non-hydrogen) atoms. The fourth-order valence-electron chi connectivity index (χ4n) is 3.02. The third-order valence-electron chi connectivity index (χ3n) is 5.11. The Kier molecular flexibility index (Phi) is 13.8. The van der Waals surface area contributed by atoms with Gasteiger partial charge in [0.1, 0.15) is 17.2 Å². The van der Waals surface area contributed by atoms with Crippen LogP contribution in [0.25, 0.3) is 0 Å². The van der Waals surface area contributed by atoms with Gasteiger partial charge in [0.2, 0.25) is 0 Å². The zero-order valence-corrected chi connectivity index (χ0v) is 21.4. The molecule has 2 rings (SSSR count). The standard InChI is InChI=1S/C29H34O9/c1-3-27(31)36-20-8-19-35-25-13-15-26(16-14-25)38-29(33)23-9-11-24(12-10-23)34-17-6-4-5-7-18-37-28(32)22(2)21-30/h3,9-16,30H,1-2,4-8,17-21H2. The Morgan fingerprint density at radius 3 is 1.84 bits per heavy atom. The molecule has 2 aromatic rings. The molecule has 0 bridgehead atoms. The van der Waals surface area contributed by atoms with E-state index in [1.165, 1.54) is 0 Å². The fraction of sp³-hybridized carbons (Fsp3) is 0.345. The van der Waals surface area contributed by atoms with Crippen molar-refractivity contribution in [3.63, 3.8) is 0 Å². The predicted molar refractivity (Wildman–Crippen MR) is 140 cm³/mol. The molecule has 0 aromatic heterocycles. The third-order valence-corrected chi connectivity index (χ3v) is 5.11. The molecule has 0 saturated heterocycles. The van der Waals surface area contributed by atoms with E-state index in [-0.39, 0.29) is 12.2 Å². The van der Waals surface area contributed by atoms with Crippen LogP contribution >= 0.6 is 0 Å². The molecule has 0 aliphatic rings. The van der Waals surface area contributed by atoms with Crippen LogP contribution in [0, 0.1) is 0 Å². The summed E-state index contributed by atoms with van der Waals surface area (Å²) in [5.41, 5.74) is 0.446. The first-order chi connectivity index (χ1) is 18.4. The average molecular weight is 527 g/mol. The molecule has 0 unspecified atom stereocenters. The zero-order chi connectivity index (χ0) is 27.6. The first-order valence-electron chi connectivity index (χ1n) is 12.4. The summed E-state index contributed by atoms with van der Waals surface area (Å²) in [6.45, 7) is 7.78. The highest BCUT2D eigenvalue weighted by Crippen LogP contribution is 2.20. The van der Waals surface area contributed by atoms with Crippen LogP contribution in [0.1, 0.15) is 42.5 Å². The van der Waals surface area contributed by atoms with Crippen molar-refractivity contribution < 1.29 is 43.2 Å². The SMILES string of the molecule is C=CC(=O)OCCCOc1ccc(OC(=O)c2ccc(OCCCCCCOC(=O)C(=C)CO)cc2)cc1. The maximum Gasteiger partial charge on any atom is 0.343 e. The lowest BCUT2D eigenvalue weighted by atomic mass is 10.2. The number of esters is 3. The van der Waals surface area contributed by atoms with Crippen LogP contribution < -0.4 is 14.2 Å². The number of benzene rings is 2.